The topological polar surface area (TPSA) is 74.6 Å². The Morgan fingerprint density at radius 3 is 2.09 bits per heavy atom. The molecule has 0 saturated heterocycles. The molecule has 0 aromatic rings. The maximum absolute atomic E-state index is 12.3. The van der Waals surface area contributed by atoms with Gasteiger partial charge < -0.3 is 10.2 Å². The molecule has 0 aromatic carbocycles. The van der Waals surface area contributed by atoms with E-state index in [0.29, 0.717) is 23.1 Å². The van der Waals surface area contributed by atoms with Crippen LogP contribution in [-0.4, -0.2) is 34.0 Å². The second-order valence-corrected chi connectivity index (χ2v) is 9.12. The van der Waals surface area contributed by atoms with E-state index in [4.69, 9.17) is 0 Å². The molecule has 2 N–H and O–H groups in total. The van der Waals surface area contributed by atoms with Gasteiger partial charge in [0, 0.05) is 16.7 Å². The molecule has 2 atom stereocenters. The highest BCUT2D eigenvalue weighted by Gasteiger charge is 2.22. The molecule has 0 aromatic heterocycles. The van der Waals surface area contributed by atoms with E-state index in [-0.39, 0.29) is 11.6 Å². The van der Waals surface area contributed by atoms with Crippen molar-refractivity contribution in [1.29, 1.82) is 0 Å². The second-order valence-electron chi connectivity index (χ2n) is 9.12. The third-order valence-corrected chi connectivity index (χ3v) is 5.88. The monoisotopic (exact) mass is 440 g/mol. The predicted molar refractivity (Wildman–Crippen MR) is 132 cm³/mol. The fourth-order valence-electron chi connectivity index (χ4n) is 3.44. The zero-order valence-corrected chi connectivity index (χ0v) is 20.8. The van der Waals surface area contributed by atoms with Crippen molar-refractivity contribution in [3.8, 4) is 0 Å². The Hall–Kier alpha value is -2.30. The fourth-order valence-corrected chi connectivity index (χ4v) is 3.44. The Bertz CT molecular complexity index is 886. The number of carbonyl (C=O) groups is 2. The van der Waals surface area contributed by atoms with Crippen LogP contribution in [0.2, 0.25) is 0 Å². The van der Waals surface area contributed by atoms with Crippen LogP contribution in [-0.2, 0) is 9.59 Å². The van der Waals surface area contributed by atoms with Gasteiger partial charge >= 0.3 is 0 Å². The van der Waals surface area contributed by atoms with Gasteiger partial charge in [0.1, 0.15) is 12.2 Å². The Balaban J connectivity index is 2.58. The van der Waals surface area contributed by atoms with Crippen molar-refractivity contribution in [3.63, 3.8) is 0 Å². The fraction of sp³-hybridized carbons (Fsp3) is 0.500. The Labute approximate surface area is 193 Å². The number of hydrogen-bond acceptors (Lipinski definition) is 4. The number of allylic oxidation sites excluding steroid dienone is 10. The van der Waals surface area contributed by atoms with Crippen molar-refractivity contribution in [3.05, 3.63) is 69.4 Å². The maximum atomic E-state index is 12.3. The summed E-state index contributed by atoms with van der Waals surface area (Å²) in [5.74, 6) is -0.140. The summed E-state index contributed by atoms with van der Waals surface area (Å²) in [6, 6.07) is 0. The average Bonchev–Trinajstić information content (AvgIpc) is 2.72. The number of Topliss-reactive ketones (excluding diaryl/α,β-unsaturated/α-hetero) is 1. The summed E-state index contributed by atoms with van der Waals surface area (Å²) in [5, 5.41) is 20.7. The number of hydrogen-bond donors (Lipinski definition) is 2. The smallest absolute Gasteiger partial charge is 0.185 e. The molecule has 2 unspecified atom stereocenters. The van der Waals surface area contributed by atoms with Gasteiger partial charge in [0.25, 0.3) is 0 Å². The van der Waals surface area contributed by atoms with Crippen molar-refractivity contribution in [2.45, 2.75) is 92.8 Å². The van der Waals surface area contributed by atoms with Crippen LogP contribution in [0.25, 0.3) is 0 Å². The van der Waals surface area contributed by atoms with Gasteiger partial charge in [0.05, 0.1) is 0 Å². The highest BCUT2D eigenvalue weighted by molar-refractivity contribution is 6.22. The average molecular weight is 441 g/mol. The Morgan fingerprint density at radius 2 is 1.47 bits per heavy atom. The van der Waals surface area contributed by atoms with E-state index < -0.39 is 12.2 Å². The lowest BCUT2D eigenvalue weighted by Gasteiger charge is -2.17. The molecular formula is C28H40O4. The standard InChI is InChI=1S/C28H40O4/c1-18(2)10-8-12-20(4)16-26(30)27(31)21(5)13-9-11-19(3)14-15-24-17-25(29)22(6)23(7)28(24)32/h10,13-14,16-17,26-27,30-31H,8-9,11-12,15H2,1-7H3. The van der Waals surface area contributed by atoms with Crippen molar-refractivity contribution in [1.82, 2.24) is 0 Å². The van der Waals surface area contributed by atoms with Crippen LogP contribution in [0.5, 0.6) is 0 Å². The highest BCUT2D eigenvalue weighted by Crippen LogP contribution is 2.22. The van der Waals surface area contributed by atoms with Gasteiger partial charge in [-0.3, -0.25) is 9.59 Å². The molecule has 0 saturated carbocycles. The number of aliphatic hydroxyl groups is 2. The van der Waals surface area contributed by atoms with Crippen LogP contribution in [0.3, 0.4) is 0 Å². The highest BCUT2D eigenvalue weighted by atomic mass is 16.3. The molecule has 1 aliphatic carbocycles. The van der Waals surface area contributed by atoms with Gasteiger partial charge in [0.15, 0.2) is 11.6 Å². The number of aliphatic hydroxyl groups excluding tert-OH is 2. The predicted octanol–water partition coefficient (Wildman–Crippen LogP) is 5.88. The molecule has 32 heavy (non-hydrogen) atoms. The molecule has 1 aliphatic rings. The minimum absolute atomic E-state index is 0.0526. The molecule has 0 fully saturated rings. The van der Waals surface area contributed by atoms with E-state index in [1.54, 1.807) is 19.9 Å². The van der Waals surface area contributed by atoms with E-state index in [1.165, 1.54) is 11.6 Å². The molecule has 4 nitrogen and oxygen atoms in total. The first-order valence-electron chi connectivity index (χ1n) is 11.4. The molecule has 4 heteroatoms. The van der Waals surface area contributed by atoms with Crippen molar-refractivity contribution in [2.24, 2.45) is 0 Å². The SMILES string of the molecule is CC(C)=CCCC(C)=CC(O)C(O)C(C)=CCCC(C)=CCC1=CC(=O)C(C)=C(C)C1=O. The lowest BCUT2D eigenvalue weighted by molar-refractivity contribution is -0.115. The van der Waals surface area contributed by atoms with Crippen LogP contribution >= 0.6 is 0 Å². The van der Waals surface area contributed by atoms with Gasteiger partial charge in [-0.15, -0.1) is 0 Å². The van der Waals surface area contributed by atoms with Crippen LogP contribution in [0, 0.1) is 0 Å². The van der Waals surface area contributed by atoms with Crippen LogP contribution in [0.1, 0.15) is 80.6 Å². The first kappa shape index (κ1) is 27.7. The Kier molecular flexibility index (Phi) is 11.5. The van der Waals surface area contributed by atoms with Gasteiger partial charge in [-0.25, -0.2) is 0 Å². The summed E-state index contributed by atoms with van der Waals surface area (Å²) in [6.07, 6.45) is 11.2. The molecule has 0 aliphatic heterocycles. The molecule has 0 spiro atoms. The van der Waals surface area contributed by atoms with Crippen molar-refractivity contribution < 1.29 is 19.8 Å². The summed E-state index contributed by atoms with van der Waals surface area (Å²) in [5.41, 5.74) is 5.79. The van der Waals surface area contributed by atoms with E-state index >= 15 is 0 Å². The first-order valence-corrected chi connectivity index (χ1v) is 11.4. The van der Waals surface area contributed by atoms with Gasteiger partial charge in [-0.05, 0) is 92.2 Å². The van der Waals surface area contributed by atoms with Crippen molar-refractivity contribution >= 4 is 11.6 Å². The largest absolute Gasteiger partial charge is 0.386 e. The van der Waals surface area contributed by atoms with Gasteiger partial charge in [-0.2, -0.15) is 0 Å². The summed E-state index contributed by atoms with van der Waals surface area (Å²) in [6.45, 7) is 13.3. The quantitative estimate of drug-likeness (QED) is 0.311. The van der Waals surface area contributed by atoms with Gasteiger partial charge in [0.2, 0.25) is 0 Å². The summed E-state index contributed by atoms with van der Waals surface area (Å²) in [4.78, 5) is 24.3. The third kappa shape index (κ3) is 9.05. The molecule has 0 amide bonds. The molecule has 0 bridgehead atoms. The zero-order valence-electron chi connectivity index (χ0n) is 20.8. The minimum atomic E-state index is -0.924. The number of carbonyl (C=O) groups excluding carboxylic acids is 2. The van der Waals surface area contributed by atoms with Crippen molar-refractivity contribution in [2.75, 3.05) is 0 Å². The van der Waals surface area contributed by atoms with Crippen LogP contribution in [0.4, 0.5) is 0 Å². The van der Waals surface area contributed by atoms with Crippen LogP contribution in [0.15, 0.2) is 69.4 Å². The molecular weight excluding hydrogens is 400 g/mol. The molecule has 0 heterocycles. The maximum Gasteiger partial charge on any atom is 0.185 e. The van der Waals surface area contributed by atoms with E-state index in [2.05, 4.69) is 19.9 Å². The molecule has 176 valence electrons. The lowest BCUT2D eigenvalue weighted by atomic mass is 9.89. The van der Waals surface area contributed by atoms with E-state index in [9.17, 15) is 19.8 Å². The summed E-state index contributed by atoms with van der Waals surface area (Å²) >= 11 is 0. The number of rotatable bonds is 11. The van der Waals surface area contributed by atoms with Gasteiger partial charge in [-0.1, -0.05) is 41.0 Å². The second kappa shape index (κ2) is 13.3. The zero-order chi connectivity index (χ0) is 24.4. The summed E-state index contributed by atoms with van der Waals surface area (Å²) < 4.78 is 0. The third-order valence-electron chi connectivity index (χ3n) is 5.88. The minimum Gasteiger partial charge on any atom is -0.386 e. The molecule has 1 rings (SSSR count). The lowest BCUT2D eigenvalue weighted by Crippen LogP contribution is -2.25. The Morgan fingerprint density at radius 1 is 0.875 bits per heavy atom. The van der Waals surface area contributed by atoms with E-state index in [1.807, 2.05) is 32.9 Å². The first-order chi connectivity index (χ1) is 14.9. The molecule has 0 radical (unpaired) electrons. The van der Waals surface area contributed by atoms with E-state index in [0.717, 1.165) is 42.4 Å². The van der Waals surface area contributed by atoms with Crippen LogP contribution < -0.4 is 0 Å². The summed E-state index contributed by atoms with van der Waals surface area (Å²) in [7, 11) is 0. The number of ketones is 2. The normalized spacial score (nSPS) is 18.0.